The van der Waals surface area contributed by atoms with Gasteiger partial charge in [-0.2, -0.15) is 8.42 Å². The van der Waals surface area contributed by atoms with Crippen LogP contribution in [0, 0.1) is 17.5 Å². The van der Waals surface area contributed by atoms with Gasteiger partial charge < -0.3 is 0 Å². The van der Waals surface area contributed by atoms with E-state index in [1.165, 1.54) is 0 Å². The number of hydrogen-bond donors (Lipinski definition) is 0. The maximum absolute atomic E-state index is 12.9. The minimum atomic E-state index is -4.49. The summed E-state index contributed by atoms with van der Waals surface area (Å²) >= 11 is 0. The fraction of sp³-hybridized carbons (Fsp3) is 0.143. The van der Waals surface area contributed by atoms with Crippen LogP contribution in [0.25, 0.3) is 0 Å². The fourth-order valence-corrected chi connectivity index (χ4v) is 1.61. The van der Waals surface area contributed by atoms with Crippen LogP contribution in [0.5, 0.6) is 0 Å². The summed E-state index contributed by atoms with van der Waals surface area (Å²) in [6, 6.07) is 0.518. The van der Waals surface area contributed by atoms with Gasteiger partial charge in [0.05, 0.1) is 7.11 Å². The van der Waals surface area contributed by atoms with Crippen molar-refractivity contribution in [2.75, 3.05) is 7.11 Å². The molecule has 0 atom stereocenters. The molecular formula is C7H5F3O3S. The van der Waals surface area contributed by atoms with Gasteiger partial charge in [-0.05, 0) is 0 Å². The summed E-state index contributed by atoms with van der Waals surface area (Å²) in [7, 11) is -3.75. The average molecular weight is 226 g/mol. The molecule has 14 heavy (non-hydrogen) atoms. The van der Waals surface area contributed by atoms with Crippen molar-refractivity contribution in [1.29, 1.82) is 0 Å². The van der Waals surface area contributed by atoms with Crippen LogP contribution in [0.15, 0.2) is 17.0 Å². The Balaban J connectivity index is 3.51. The molecular weight excluding hydrogens is 221 g/mol. The first kappa shape index (κ1) is 11.0. The third kappa shape index (κ3) is 1.88. The Labute approximate surface area is 78.2 Å². The molecule has 0 spiro atoms. The van der Waals surface area contributed by atoms with E-state index in [4.69, 9.17) is 0 Å². The van der Waals surface area contributed by atoms with Crippen molar-refractivity contribution in [3.63, 3.8) is 0 Å². The number of halogens is 3. The fourth-order valence-electron chi connectivity index (χ4n) is 0.851. The zero-order chi connectivity index (χ0) is 10.9. The Morgan fingerprint density at radius 3 is 1.93 bits per heavy atom. The first-order valence-corrected chi connectivity index (χ1v) is 4.74. The van der Waals surface area contributed by atoms with Gasteiger partial charge >= 0.3 is 10.1 Å². The highest BCUT2D eigenvalue weighted by Gasteiger charge is 2.24. The monoisotopic (exact) mass is 226 g/mol. The molecule has 3 nitrogen and oxygen atoms in total. The highest BCUT2D eigenvalue weighted by atomic mass is 32.2. The van der Waals surface area contributed by atoms with E-state index in [0.29, 0.717) is 0 Å². The summed E-state index contributed by atoms with van der Waals surface area (Å²) in [5.41, 5.74) is 0. The molecule has 0 aliphatic rings. The van der Waals surface area contributed by atoms with Gasteiger partial charge in [0.2, 0.25) is 0 Å². The first-order valence-electron chi connectivity index (χ1n) is 3.33. The molecule has 0 fully saturated rings. The quantitative estimate of drug-likeness (QED) is 0.716. The van der Waals surface area contributed by atoms with Gasteiger partial charge in [-0.3, -0.25) is 4.18 Å². The predicted octanol–water partition coefficient (Wildman–Crippen LogP) is 1.44. The SMILES string of the molecule is COS(=O)(=O)c1c(F)cc(F)cc1F. The first-order chi connectivity index (χ1) is 6.38. The largest absolute Gasteiger partial charge is 0.302 e. The highest BCUT2D eigenvalue weighted by molar-refractivity contribution is 7.86. The smallest absolute Gasteiger partial charge is 0.270 e. The van der Waals surface area contributed by atoms with Crippen LogP contribution in [0.4, 0.5) is 13.2 Å². The zero-order valence-corrected chi connectivity index (χ0v) is 7.74. The van der Waals surface area contributed by atoms with E-state index >= 15 is 0 Å². The average Bonchev–Trinajstić information content (AvgIpc) is 2.01. The maximum atomic E-state index is 12.9. The van der Waals surface area contributed by atoms with Crippen LogP contribution < -0.4 is 0 Å². The standard InChI is InChI=1S/C7H5F3O3S/c1-13-14(11,12)7-5(9)2-4(8)3-6(7)10/h2-3H,1H3. The molecule has 0 N–H and O–H groups in total. The molecule has 0 radical (unpaired) electrons. The molecule has 0 saturated carbocycles. The van der Waals surface area contributed by atoms with Gasteiger partial charge in [-0.15, -0.1) is 0 Å². The number of rotatable bonds is 2. The minimum Gasteiger partial charge on any atom is -0.270 e. The molecule has 0 bridgehead atoms. The van der Waals surface area contributed by atoms with Crippen LogP contribution in [0.1, 0.15) is 0 Å². The Morgan fingerprint density at radius 1 is 1.14 bits per heavy atom. The van der Waals surface area contributed by atoms with Crippen LogP contribution in [-0.4, -0.2) is 15.5 Å². The van der Waals surface area contributed by atoms with Crippen LogP contribution in [0.2, 0.25) is 0 Å². The van der Waals surface area contributed by atoms with Gasteiger partial charge in [-0.25, -0.2) is 13.2 Å². The Hall–Kier alpha value is -1.08. The second kappa shape index (κ2) is 3.58. The Kier molecular flexibility index (Phi) is 2.81. The van der Waals surface area contributed by atoms with Gasteiger partial charge in [-0.1, -0.05) is 0 Å². The highest BCUT2D eigenvalue weighted by Crippen LogP contribution is 2.21. The molecule has 0 aliphatic heterocycles. The van der Waals surface area contributed by atoms with E-state index in [1.54, 1.807) is 0 Å². The van der Waals surface area contributed by atoms with E-state index in [1.807, 2.05) is 0 Å². The third-order valence-corrected chi connectivity index (χ3v) is 2.76. The van der Waals surface area contributed by atoms with Crippen LogP contribution in [0.3, 0.4) is 0 Å². The summed E-state index contributed by atoms with van der Waals surface area (Å²) in [6.07, 6.45) is 0. The molecule has 1 aromatic carbocycles. The van der Waals surface area contributed by atoms with Crippen molar-refractivity contribution in [3.8, 4) is 0 Å². The van der Waals surface area contributed by atoms with E-state index in [-0.39, 0.29) is 12.1 Å². The lowest BCUT2D eigenvalue weighted by atomic mass is 10.3. The molecule has 0 aromatic heterocycles. The van der Waals surface area contributed by atoms with Crippen molar-refractivity contribution < 1.29 is 25.8 Å². The van der Waals surface area contributed by atoms with E-state index in [9.17, 15) is 21.6 Å². The minimum absolute atomic E-state index is 0.259. The molecule has 7 heteroatoms. The molecule has 0 heterocycles. The van der Waals surface area contributed by atoms with E-state index < -0.39 is 32.5 Å². The number of benzene rings is 1. The second-order valence-corrected chi connectivity index (χ2v) is 3.97. The predicted molar refractivity (Wildman–Crippen MR) is 40.5 cm³/mol. The summed E-state index contributed by atoms with van der Waals surface area (Å²) in [6.45, 7) is 0. The molecule has 0 amide bonds. The van der Waals surface area contributed by atoms with Crippen molar-refractivity contribution in [3.05, 3.63) is 29.6 Å². The lowest BCUT2D eigenvalue weighted by Crippen LogP contribution is -2.08. The summed E-state index contributed by atoms with van der Waals surface area (Å²) in [5, 5.41) is 0. The Morgan fingerprint density at radius 2 is 1.57 bits per heavy atom. The topological polar surface area (TPSA) is 43.4 Å². The summed E-state index contributed by atoms with van der Waals surface area (Å²) in [4.78, 5) is -1.29. The van der Waals surface area contributed by atoms with Gasteiger partial charge in [0.25, 0.3) is 0 Å². The summed E-state index contributed by atoms with van der Waals surface area (Å²) in [5.74, 6) is -4.25. The van der Waals surface area contributed by atoms with Crippen LogP contribution >= 0.6 is 0 Å². The lowest BCUT2D eigenvalue weighted by Gasteiger charge is -2.03. The van der Waals surface area contributed by atoms with Gasteiger partial charge in [0.1, 0.15) is 17.5 Å². The van der Waals surface area contributed by atoms with Crippen molar-refractivity contribution in [1.82, 2.24) is 0 Å². The van der Waals surface area contributed by atoms with E-state index in [2.05, 4.69) is 4.18 Å². The molecule has 1 aromatic rings. The Bertz CT molecular complexity index is 432. The molecule has 78 valence electrons. The van der Waals surface area contributed by atoms with Crippen LogP contribution in [-0.2, 0) is 14.3 Å². The van der Waals surface area contributed by atoms with Crippen molar-refractivity contribution in [2.45, 2.75) is 4.90 Å². The van der Waals surface area contributed by atoms with Crippen molar-refractivity contribution >= 4 is 10.1 Å². The molecule has 1 rings (SSSR count). The van der Waals surface area contributed by atoms with Crippen molar-refractivity contribution in [2.24, 2.45) is 0 Å². The van der Waals surface area contributed by atoms with Gasteiger partial charge in [0, 0.05) is 12.1 Å². The second-order valence-electron chi connectivity index (χ2n) is 2.32. The normalized spacial score (nSPS) is 11.7. The lowest BCUT2D eigenvalue weighted by molar-refractivity contribution is 0.385. The summed E-state index contributed by atoms with van der Waals surface area (Å²) < 4.78 is 63.8. The molecule has 0 aliphatic carbocycles. The molecule has 0 unspecified atom stereocenters. The maximum Gasteiger partial charge on any atom is 0.302 e. The number of hydrogen-bond acceptors (Lipinski definition) is 3. The third-order valence-electron chi connectivity index (χ3n) is 1.43. The molecule has 0 saturated heterocycles. The van der Waals surface area contributed by atoms with E-state index in [0.717, 1.165) is 7.11 Å². The van der Waals surface area contributed by atoms with Gasteiger partial charge in [0.15, 0.2) is 4.90 Å². The zero-order valence-electron chi connectivity index (χ0n) is 6.92.